The normalized spacial score (nSPS) is 19.1. The number of rotatable bonds is 3. The molecule has 7 heteroatoms. The molecule has 1 aromatic carbocycles. The van der Waals surface area contributed by atoms with Gasteiger partial charge in [-0.25, -0.2) is 4.39 Å². The fraction of sp³-hybridized carbons (Fsp3) is 0.308. The molecular weight excluding hydrogens is 274 g/mol. The monoisotopic (exact) mass is 287 g/mol. The maximum absolute atomic E-state index is 13.3. The van der Waals surface area contributed by atoms with Crippen LogP contribution in [-0.4, -0.2) is 23.9 Å². The second-order valence-corrected chi connectivity index (χ2v) is 4.39. The molecule has 0 aliphatic carbocycles. The van der Waals surface area contributed by atoms with Crippen LogP contribution in [0, 0.1) is 5.82 Å². The first-order chi connectivity index (χ1) is 9.34. The lowest BCUT2D eigenvalue weighted by atomic mass is 10.0. The van der Waals surface area contributed by atoms with Gasteiger partial charge in [0.1, 0.15) is 5.82 Å². The van der Waals surface area contributed by atoms with Crippen molar-refractivity contribution < 1.29 is 17.6 Å². The third kappa shape index (κ3) is 2.61. The molecule has 0 saturated carbocycles. The summed E-state index contributed by atoms with van der Waals surface area (Å²) in [5, 5.41) is 0. The number of nitrogens with two attached hydrogens (primary N) is 1. The molecule has 0 bridgehead atoms. The Hall–Kier alpha value is -2.05. The van der Waals surface area contributed by atoms with Gasteiger partial charge in [0.15, 0.2) is 5.96 Å². The number of aliphatic imine (C=N–C) groups is 1. The highest BCUT2D eigenvalue weighted by atomic mass is 19.4. The fourth-order valence-electron chi connectivity index (χ4n) is 2.14. The van der Waals surface area contributed by atoms with E-state index in [0.717, 1.165) is 12.1 Å². The first kappa shape index (κ1) is 14.4. The summed E-state index contributed by atoms with van der Waals surface area (Å²) in [5.74, 6) is -1.05. The Balaban J connectivity index is 2.37. The van der Waals surface area contributed by atoms with E-state index in [9.17, 15) is 17.6 Å². The molecule has 1 unspecified atom stereocenters. The van der Waals surface area contributed by atoms with Crippen LogP contribution in [0.5, 0.6) is 0 Å². The first-order valence-electron chi connectivity index (χ1n) is 5.88. The SMILES string of the molecule is C=CCN1C(N)=NCC1c1ccc(F)c(C(F)(F)F)c1. The van der Waals surface area contributed by atoms with Gasteiger partial charge in [0.2, 0.25) is 0 Å². The maximum Gasteiger partial charge on any atom is 0.419 e. The molecular formula is C13H13F4N3. The van der Waals surface area contributed by atoms with Crippen molar-refractivity contribution in [1.29, 1.82) is 0 Å². The Morgan fingerprint density at radius 2 is 2.15 bits per heavy atom. The molecule has 1 aliphatic heterocycles. The van der Waals surface area contributed by atoms with Crippen LogP contribution in [0.15, 0.2) is 35.8 Å². The lowest BCUT2D eigenvalue weighted by Crippen LogP contribution is -2.36. The van der Waals surface area contributed by atoms with Crippen molar-refractivity contribution in [2.24, 2.45) is 10.7 Å². The molecule has 0 spiro atoms. The Morgan fingerprint density at radius 1 is 1.45 bits per heavy atom. The molecule has 1 heterocycles. The minimum atomic E-state index is -4.73. The molecule has 108 valence electrons. The molecule has 0 radical (unpaired) electrons. The molecule has 0 fully saturated rings. The zero-order valence-corrected chi connectivity index (χ0v) is 10.5. The van der Waals surface area contributed by atoms with Gasteiger partial charge in [-0.1, -0.05) is 12.1 Å². The van der Waals surface area contributed by atoms with Crippen molar-refractivity contribution >= 4 is 5.96 Å². The topological polar surface area (TPSA) is 41.6 Å². The minimum absolute atomic E-state index is 0.239. The van der Waals surface area contributed by atoms with Crippen molar-refractivity contribution in [1.82, 2.24) is 4.90 Å². The largest absolute Gasteiger partial charge is 0.419 e. The van der Waals surface area contributed by atoms with Gasteiger partial charge in [-0.2, -0.15) is 13.2 Å². The lowest BCUT2D eigenvalue weighted by Gasteiger charge is -2.25. The van der Waals surface area contributed by atoms with Crippen molar-refractivity contribution in [2.75, 3.05) is 13.1 Å². The van der Waals surface area contributed by atoms with Crippen LogP contribution in [0.2, 0.25) is 0 Å². The number of hydrogen-bond acceptors (Lipinski definition) is 3. The van der Waals surface area contributed by atoms with Gasteiger partial charge in [0, 0.05) is 6.54 Å². The van der Waals surface area contributed by atoms with Crippen LogP contribution in [0.1, 0.15) is 17.2 Å². The van der Waals surface area contributed by atoms with Crippen LogP contribution < -0.4 is 5.73 Å². The van der Waals surface area contributed by atoms with Gasteiger partial charge >= 0.3 is 6.18 Å². The smallest absolute Gasteiger partial charge is 0.370 e. The van der Waals surface area contributed by atoms with Crippen molar-refractivity contribution in [3.8, 4) is 0 Å². The van der Waals surface area contributed by atoms with E-state index in [-0.39, 0.29) is 12.5 Å². The molecule has 0 amide bonds. The van der Waals surface area contributed by atoms with Crippen LogP contribution in [-0.2, 0) is 6.18 Å². The van der Waals surface area contributed by atoms with Gasteiger partial charge in [-0.15, -0.1) is 6.58 Å². The highest BCUT2D eigenvalue weighted by molar-refractivity contribution is 5.80. The molecule has 0 saturated heterocycles. The summed E-state index contributed by atoms with van der Waals surface area (Å²) >= 11 is 0. The molecule has 2 N–H and O–H groups in total. The van der Waals surface area contributed by atoms with Gasteiger partial charge in [0.25, 0.3) is 0 Å². The van der Waals surface area contributed by atoms with E-state index in [4.69, 9.17) is 5.73 Å². The zero-order chi connectivity index (χ0) is 14.9. The number of hydrogen-bond donors (Lipinski definition) is 1. The Morgan fingerprint density at radius 3 is 2.75 bits per heavy atom. The number of nitrogens with zero attached hydrogens (tertiary/aromatic N) is 2. The highest BCUT2D eigenvalue weighted by Gasteiger charge is 2.36. The number of benzene rings is 1. The van der Waals surface area contributed by atoms with E-state index in [1.807, 2.05) is 0 Å². The quantitative estimate of drug-likeness (QED) is 0.686. The Kier molecular flexibility index (Phi) is 3.69. The maximum atomic E-state index is 13.3. The third-order valence-electron chi connectivity index (χ3n) is 3.10. The predicted octanol–water partition coefficient (Wildman–Crippen LogP) is 2.70. The van der Waals surface area contributed by atoms with E-state index in [1.54, 1.807) is 11.0 Å². The van der Waals surface area contributed by atoms with Gasteiger partial charge in [-0.3, -0.25) is 4.99 Å². The summed E-state index contributed by atoms with van der Waals surface area (Å²) in [4.78, 5) is 5.63. The van der Waals surface area contributed by atoms with E-state index in [0.29, 0.717) is 12.1 Å². The van der Waals surface area contributed by atoms with Crippen LogP contribution in [0.25, 0.3) is 0 Å². The average Bonchev–Trinajstić information content (AvgIpc) is 2.71. The van der Waals surface area contributed by atoms with E-state index < -0.39 is 23.6 Å². The van der Waals surface area contributed by atoms with Gasteiger partial charge in [0.05, 0.1) is 18.2 Å². The molecule has 1 aromatic rings. The lowest BCUT2D eigenvalue weighted by molar-refractivity contribution is -0.140. The van der Waals surface area contributed by atoms with Crippen LogP contribution in [0.3, 0.4) is 0 Å². The summed E-state index contributed by atoms with van der Waals surface area (Å²) in [6.07, 6.45) is -3.15. The molecule has 0 aromatic heterocycles. The molecule has 3 nitrogen and oxygen atoms in total. The second kappa shape index (κ2) is 5.15. The molecule has 2 rings (SSSR count). The number of guanidine groups is 1. The van der Waals surface area contributed by atoms with Crippen molar-refractivity contribution in [2.45, 2.75) is 12.2 Å². The standard InChI is InChI=1S/C13H13F4N3/c1-2-5-20-11(7-19-12(20)18)8-3-4-10(14)9(6-8)13(15,16)17/h2-4,6,11H,1,5,7H2,(H2,18,19). The summed E-state index contributed by atoms with van der Waals surface area (Å²) in [5.41, 5.74) is 4.72. The van der Waals surface area contributed by atoms with E-state index in [2.05, 4.69) is 11.6 Å². The third-order valence-corrected chi connectivity index (χ3v) is 3.10. The predicted molar refractivity (Wildman–Crippen MR) is 67.5 cm³/mol. The summed E-state index contributed by atoms with van der Waals surface area (Å²) in [7, 11) is 0. The highest BCUT2D eigenvalue weighted by Crippen LogP contribution is 2.34. The summed E-state index contributed by atoms with van der Waals surface area (Å²) in [6, 6.07) is 2.51. The molecule has 1 aliphatic rings. The van der Waals surface area contributed by atoms with Crippen LogP contribution in [0.4, 0.5) is 17.6 Å². The van der Waals surface area contributed by atoms with Gasteiger partial charge < -0.3 is 10.6 Å². The van der Waals surface area contributed by atoms with Gasteiger partial charge in [-0.05, 0) is 17.7 Å². The first-order valence-corrected chi connectivity index (χ1v) is 5.88. The van der Waals surface area contributed by atoms with Crippen LogP contribution >= 0.6 is 0 Å². The number of halogens is 4. The second-order valence-electron chi connectivity index (χ2n) is 4.39. The summed E-state index contributed by atoms with van der Waals surface area (Å²) < 4.78 is 51.4. The Labute approximate surface area is 113 Å². The average molecular weight is 287 g/mol. The Bertz CT molecular complexity index is 551. The number of alkyl halides is 3. The summed E-state index contributed by atoms with van der Waals surface area (Å²) in [6.45, 7) is 4.16. The molecule has 20 heavy (non-hydrogen) atoms. The molecule has 1 atom stereocenters. The van der Waals surface area contributed by atoms with E-state index in [1.165, 1.54) is 6.07 Å². The minimum Gasteiger partial charge on any atom is -0.370 e. The van der Waals surface area contributed by atoms with Crippen molar-refractivity contribution in [3.05, 3.63) is 47.8 Å². The fourth-order valence-corrected chi connectivity index (χ4v) is 2.14. The zero-order valence-electron chi connectivity index (χ0n) is 10.5. The van der Waals surface area contributed by atoms with Crippen molar-refractivity contribution in [3.63, 3.8) is 0 Å². The van der Waals surface area contributed by atoms with E-state index >= 15 is 0 Å².